The van der Waals surface area contributed by atoms with Gasteiger partial charge in [0.05, 0.1) is 0 Å². The molecule has 2 atom stereocenters. The SMILES string of the molecule is CC(CCO)NC(=O)CC1CCNC1. The summed E-state index contributed by atoms with van der Waals surface area (Å²) in [6, 6.07) is 0.0851. The highest BCUT2D eigenvalue weighted by atomic mass is 16.3. The number of carbonyl (C=O) groups is 1. The fourth-order valence-electron chi connectivity index (χ4n) is 1.75. The summed E-state index contributed by atoms with van der Waals surface area (Å²) in [5.74, 6) is 0.607. The Labute approximate surface area is 85.1 Å². The lowest BCUT2D eigenvalue weighted by Gasteiger charge is -2.14. The van der Waals surface area contributed by atoms with E-state index in [1.807, 2.05) is 6.92 Å². The average Bonchev–Trinajstić information content (AvgIpc) is 2.56. The van der Waals surface area contributed by atoms with E-state index in [1.54, 1.807) is 0 Å². The van der Waals surface area contributed by atoms with Crippen molar-refractivity contribution in [3.8, 4) is 0 Å². The Hall–Kier alpha value is -0.610. The normalized spacial score (nSPS) is 23.4. The Kier molecular flexibility index (Phi) is 4.90. The minimum Gasteiger partial charge on any atom is -0.396 e. The zero-order valence-corrected chi connectivity index (χ0v) is 8.75. The van der Waals surface area contributed by atoms with E-state index in [0.29, 0.717) is 18.8 Å². The number of hydrogen-bond acceptors (Lipinski definition) is 3. The molecule has 3 N–H and O–H groups in total. The summed E-state index contributed by atoms with van der Waals surface area (Å²) < 4.78 is 0. The Bertz CT molecular complexity index is 179. The van der Waals surface area contributed by atoms with Crippen LogP contribution in [0.2, 0.25) is 0 Å². The van der Waals surface area contributed by atoms with Gasteiger partial charge in [0, 0.05) is 19.1 Å². The van der Waals surface area contributed by atoms with Gasteiger partial charge in [-0.3, -0.25) is 4.79 Å². The summed E-state index contributed by atoms with van der Waals surface area (Å²) in [4.78, 5) is 11.5. The highest BCUT2D eigenvalue weighted by molar-refractivity contribution is 5.76. The molecule has 0 aromatic carbocycles. The van der Waals surface area contributed by atoms with Gasteiger partial charge in [-0.2, -0.15) is 0 Å². The van der Waals surface area contributed by atoms with Gasteiger partial charge in [0.1, 0.15) is 0 Å². The molecule has 1 amide bonds. The number of carbonyl (C=O) groups excluding carboxylic acids is 1. The van der Waals surface area contributed by atoms with Gasteiger partial charge in [-0.05, 0) is 38.8 Å². The van der Waals surface area contributed by atoms with Crippen LogP contribution in [-0.2, 0) is 4.79 Å². The Balaban J connectivity index is 2.14. The molecule has 0 aliphatic carbocycles. The summed E-state index contributed by atoms with van der Waals surface area (Å²) in [7, 11) is 0. The first-order valence-corrected chi connectivity index (χ1v) is 5.33. The number of nitrogens with one attached hydrogen (secondary N) is 2. The van der Waals surface area contributed by atoms with Gasteiger partial charge in [-0.25, -0.2) is 0 Å². The lowest BCUT2D eigenvalue weighted by atomic mass is 10.0. The summed E-state index contributed by atoms with van der Waals surface area (Å²) in [5.41, 5.74) is 0. The van der Waals surface area contributed by atoms with Gasteiger partial charge >= 0.3 is 0 Å². The molecular weight excluding hydrogens is 180 g/mol. The maximum absolute atomic E-state index is 11.5. The van der Waals surface area contributed by atoms with E-state index in [1.165, 1.54) is 0 Å². The van der Waals surface area contributed by atoms with E-state index in [9.17, 15) is 4.79 Å². The minimum atomic E-state index is 0.0851. The zero-order valence-electron chi connectivity index (χ0n) is 8.75. The van der Waals surface area contributed by atoms with E-state index in [-0.39, 0.29) is 18.6 Å². The Morgan fingerprint density at radius 2 is 2.50 bits per heavy atom. The second kappa shape index (κ2) is 5.98. The first-order valence-electron chi connectivity index (χ1n) is 5.33. The van der Waals surface area contributed by atoms with Gasteiger partial charge in [-0.15, -0.1) is 0 Å². The molecule has 14 heavy (non-hydrogen) atoms. The molecular formula is C10H20N2O2. The van der Waals surface area contributed by atoms with Crippen LogP contribution < -0.4 is 10.6 Å². The molecule has 1 fully saturated rings. The molecule has 1 saturated heterocycles. The van der Waals surface area contributed by atoms with Crippen LogP contribution in [0.15, 0.2) is 0 Å². The fraction of sp³-hybridized carbons (Fsp3) is 0.900. The molecule has 0 radical (unpaired) electrons. The summed E-state index contributed by atoms with van der Waals surface area (Å²) in [6.07, 6.45) is 2.35. The van der Waals surface area contributed by atoms with Crippen molar-refractivity contribution in [1.82, 2.24) is 10.6 Å². The largest absolute Gasteiger partial charge is 0.396 e. The molecule has 2 unspecified atom stereocenters. The standard InChI is InChI=1S/C10H20N2O2/c1-8(3-5-13)12-10(14)6-9-2-4-11-7-9/h8-9,11,13H,2-7H2,1H3,(H,12,14). The molecule has 0 aromatic rings. The van der Waals surface area contributed by atoms with Crippen LogP contribution in [0.5, 0.6) is 0 Å². The van der Waals surface area contributed by atoms with E-state index in [0.717, 1.165) is 19.5 Å². The minimum absolute atomic E-state index is 0.0851. The third-order valence-electron chi connectivity index (χ3n) is 2.61. The topological polar surface area (TPSA) is 61.4 Å². The molecule has 0 aromatic heterocycles. The number of aliphatic hydroxyl groups is 1. The van der Waals surface area contributed by atoms with Crippen molar-refractivity contribution >= 4 is 5.91 Å². The van der Waals surface area contributed by atoms with Crippen LogP contribution in [-0.4, -0.2) is 36.8 Å². The van der Waals surface area contributed by atoms with E-state index in [4.69, 9.17) is 5.11 Å². The molecule has 4 nitrogen and oxygen atoms in total. The molecule has 1 rings (SSSR count). The predicted molar refractivity (Wildman–Crippen MR) is 54.9 cm³/mol. The van der Waals surface area contributed by atoms with Crippen molar-refractivity contribution in [1.29, 1.82) is 0 Å². The number of rotatable bonds is 5. The summed E-state index contributed by atoms with van der Waals surface area (Å²) >= 11 is 0. The lowest BCUT2D eigenvalue weighted by Crippen LogP contribution is -2.34. The van der Waals surface area contributed by atoms with Gasteiger partial charge in [0.25, 0.3) is 0 Å². The highest BCUT2D eigenvalue weighted by Gasteiger charge is 2.18. The van der Waals surface area contributed by atoms with Crippen LogP contribution in [0.3, 0.4) is 0 Å². The van der Waals surface area contributed by atoms with Crippen LogP contribution in [0, 0.1) is 5.92 Å². The first kappa shape index (κ1) is 11.5. The molecule has 0 bridgehead atoms. The molecule has 0 spiro atoms. The molecule has 0 saturated carbocycles. The maximum Gasteiger partial charge on any atom is 0.220 e. The Morgan fingerprint density at radius 3 is 3.07 bits per heavy atom. The predicted octanol–water partition coefficient (Wildman–Crippen LogP) is -0.127. The van der Waals surface area contributed by atoms with Crippen molar-refractivity contribution in [2.45, 2.75) is 32.2 Å². The second-order valence-electron chi connectivity index (χ2n) is 4.04. The van der Waals surface area contributed by atoms with Crippen molar-refractivity contribution in [3.05, 3.63) is 0 Å². The molecule has 1 heterocycles. The summed E-state index contributed by atoms with van der Waals surface area (Å²) in [5, 5.41) is 14.8. The van der Waals surface area contributed by atoms with Gasteiger partial charge in [-0.1, -0.05) is 0 Å². The third-order valence-corrected chi connectivity index (χ3v) is 2.61. The average molecular weight is 200 g/mol. The fourth-order valence-corrected chi connectivity index (χ4v) is 1.75. The molecule has 1 aliphatic rings. The molecule has 82 valence electrons. The van der Waals surface area contributed by atoms with Crippen molar-refractivity contribution in [2.75, 3.05) is 19.7 Å². The number of hydrogen-bond donors (Lipinski definition) is 3. The quantitative estimate of drug-likeness (QED) is 0.579. The van der Waals surface area contributed by atoms with E-state index >= 15 is 0 Å². The van der Waals surface area contributed by atoms with E-state index in [2.05, 4.69) is 10.6 Å². The summed E-state index contributed by atoms with van der Waals surface area (Å²) in [6.45, 7) is 4.04. The monoisotopic (exact) mass is 200 g/mol. The van der Waals surface area contributed by atoms with Gasteiger partial charge < -0.3 is 15.7 Å². The van der Waals surface area contributed by atoms with Gasteiger partial charge in [0.15, 0.2) is 0 Å². The van der Waals surface area contributed by atoms with Gasteiger partial charge in [0.2, 0.25) is 5.91 Å². The van der Waals surface area contributed by atoms with Crippen molar-refractivity contribution in [2.24, 2.45) is 5.92 Å². The van der Waals surface area contributed by atoms with Crippen LogP contribution >= 0.6 is 0 Å². The van der Waals surface area contributed by atoms with Crippen LogP contribution in [0.25, 0.3) is 0 Å². The highest BCUT2D eigenvalue weighted by Crippen LogP contribution is 2.11. The smallest absolute Gasteiger partial charge is 0.220 e. The van der Waals surface area contributed by atoms with Crippen LogP contribution in [0.1, 0.15) is 26.2 Å². The third kappa shape index (κ3) is 4.07. The number of aliphatic hydroxyl groups excluding tert-OH is 1. The lowest BCUT2D eigenvalue weighted by molar-refractivity contribution is -0.122. The Morgan fingerprint density at radius 1 is 1.71 bits per heavy atom. The second-order valence-corrected chi connectivity index (χ2v) is 4.04. The van der Waals surface area contributed by atoms with E-state index < -0.39 is 0 Å². The van der Waals surface area contributed by atoms with Crippen molar-refractivity contribution < 1.29 is 9.90 Å². The molecule has 4 heteroatoms. The zero-order chi connectivity index (χ0) is 10.4. The molecule has 1 aliphatic heterocycles. The van der Waals surface area contributed by atoms with Crippen molar-refractivity contribution in [3.63, 3.8) is 0 Å². The van der Waals surface area contributed by atoms with Crippen LogP contribution in [0.4, 0.5) is 0 Å². The first-order chi connectivity index (χ1) is 6.72. The number of amides is 1. The maximum atomic E-state index is 11.5.